The van der Waals surface area contributed by atoms with E-state index in [0.29, 0.717) is 0 Å². The zero-order chi connectivity index (χ0) is 18.1. The van der Waals surface area contributed by atoms with E-state index in [0.717, 1.165) is 24.0 Å². The second kappa shape index (κ2) is 6.64. The van der Waals surface area contributed by atoms with Crippen LogP contribution in [0.5, 0.6) is 0 Å². The number of benzene rings is 2. The summed E-state index contributed by atoms with van der Waals surface area (Å²) in [5.74, 6) is 0.0194. The van der Waals surface area contributed by atoms with Gasteiger partial charge in [-0.05, 0) is 34.9 Å². The molecule has 1 saturated carbocycles. The molecule has 1 aliphatic carbocycles. The normalized spacial score (nSPS) is 17.0. The average molecular weight is 337 g/mol. The number of amides is 1. The number of rotatable bonds is 5. The van der Waals surface area contributed by atoms with Gasteiger partial charge in [-0.15, -0.1) is 0 Å². The summed E-state index contributed by atoms with van der Waals surface area (Å²) in [4.78, 5) is 12.7. The highest BCUT2D eigenvalue weighted by atomic mass is 16.3. The molecule has 0 radical (unpaired) electrons. The van der Waals surface area contributed by atoms with Crippen LogP contribution >= 0.6 is 0 Å². The minimum absolute atomic E-state index is 0.0194. The third-order valence-electron chi connectivity index (χ3n) is 5.13. The molecule has 2 aromatic carbocycles. The van der Waals surface area contributed by atoms with E-state index in [4.69, 9.17) is 0 Å². The van der Waals surface area contributed by atoms with Gasteiger partial charge in [-0.3, -0.25) is 4.79 Å². The zero-order valence-corrected chi connectivity index (χ0v) is 15.3. The van der Waals surface area contributed by atoms with Gasteiger partial charge in [0.05, 0.1) is 11.5 Å². The summed E-state index contributed by atoms with van der Waals surface area (Å²) in [7, 11) is 0. The third kappa shape index (κ3) is 3.77. The van der Waals surface area contributed by atoms with Gasteiger partial charge in [-0.2, -0.15) is 0 Å². The number of nitrogens with one attached hydrogen (secondary N) is 1. The lowest BCUT2D eigenvalue weighted by atomic mass is 9.85. The summed E-state index contributed by atoms with van der Waals surface area (Å²) in [5.41, 5.74) is 2.87. The average Bonchev–Trinajstić information content (AvgIpc) is 3.41. The predicted octanol–water partition coefficient (Wildman–Crippen LogP) is 3.87. The van der Waals surface area contributed by atoms with E-state index in [1.54, 1.807) is 0 Å². The number of aliphatic hydroxyl groups excluding tert-OH is 1. The summed E-state index contributed by atoms with van der Waals surface area (Å²) >= 11 is 0. The molecule has 1 atom stereocenters. The second-order valence-corrected chi connectivity index (χ2v) is 8.05. The van der Waals surface area contributed by atoms with Gasteiger partial charge in [0.15, 0.2) is 0 Å². The monoisotopic (exact) mass is 337 g/mol. The van der Waals surface area contributed by atoms with E-state index < -0.39 is 11.5 Å². The molecule has 1 unspecified atom stereocenters. The van der Waals surface area contributed by atoms with E-state index in [1.807, 2.05) is 30.3 Å². The van der Waals surface area contributed by atoms with Crippen molar-refractivity contribution in [3.05, 3.63) is 71.3 Å². The van der Waals surface area contributed by atoms with E-state index in [9.17, 15) is 9.90 Å². The Balaban J connectivity index is 1.65. The lowest BCUT2D eigenvalue weighted by Gasteiger charge is -2.21. The molecule has 0 aliphatic heterocycles. The Labute approximate surface area is 150 Å². The topological polar surface area (TPSA) is 49.3 Å². The van der Waals surface area contributed by atoms with Crippen LogP contribution in [0.3, 0.4) is 0 Å². The van der Waals surface area contributed by atoms with Crippen molar-refractivity contribution in [1.29, 1.82) is 0 Å². The van der Waals surface area contributed by atoms with Crippen LogP contribution in [0.4, 0.5) is 0 Å². The molecule has 25 heavy (non-hydrogen) atoms. The molecule has 1 amide bonds. The maximum Gasteiger partial charge on any atom is 0.230 e. The van der Waals surface area contributed by atoms with Crippen LogP contribution in [0.25, 0.3) is 0 Å². The van der Waals surface area contributed by atoms with E-state index >= 15 is 0 Å². The first-order valence-electron chi connectivity index (χ1n) is 8.95. The summed E-state index contributed by atoms with van der Waals surface area (Å²) in [5, 5.41) is 13.2. The Morgan fingerprint density at radius 2 is 1.68 bits per heavy atom. The molecule has 2 aromatic rings. The van der Waals surface area contributed by atoms with Gasteiger partial charge in [-0.1, -0.05) is 75.4 Å². The Bertz CT molecular complexity index is 725. The maximum atomic E-state index is 12.7. The van der Waals surface area contributed by atoms with Crippen LogP contribution in [0.15, 0.2) is 54.6 Å². The van der Waals surface area contributed by atoms with E-state index in [2.05, 4.69) is 50.4 Å². The Morgan fingerprint density at radius 1 is 1.08 bits per heavy atom. The largest absolute Gasteiger partial charge is 0.387 e. The van der Waals surface area contributed by atoms with Crippen LogP contribution < -0.4 is 5.32 Å². The van der Waals surface area contributed by atoms with Crippen LogP contribution in [0.2, 0.25) is 0 Å². The molecular weight excluding hydrogens is 310 g/mol. The molecule has 3 rings (SSSR count). The molecule has 0 spiro atoms. The molecule has 2 N–H and O–H groups in total. The molecule has 3 heteroatoms. The molecule has 0 heterocycles. The van der Waals surface area contributed by atoms with Gasteiger partial charge in [0.2, 0.25) is 5.91 Å². The Morgan fingerprint density at radius 3 is 2.20 bits per heavy atom. The first kappa shape index (κ1) is 17.7. The lowest BCUT2D eigenvalue weighted by Crippen LogP contribution is -2.37. The number of hydrogen-bond donors (Lipinski definition) is 2. The van der Waals surface area contributed by atoms with Crippen molar-refractivity contribution >= 4 is 5.91 Å². The summed E-state index contributed by atoms with van der Waals surface area (Å²) in [6.45, 7) is 6.80. The van der Waals surface area contributed by atoms with Gasteiger partial charge < -0.3 is 10.4 Å². The quantitative estimate of drug-likeness (QED) is 0.870. The predicted molar refractivity (Wildman–Crippen MR) is 100 cm³/mol. The molecule has 0 bridgehead atoms. The van der Waals surface area contributed by atoms with Gasteiger partial charge in [-0.25, -0.2) is 0 Å². The number of hydrogen-bond acceptors (Lipinski definition) is 2. The van der Waals surface area contributed by atoms with Gasteiger partial charge in [0.1, 0.15) is 0 Å². The number of carbonyl (C=O) groups is 1. The van der Waals surface area contributed by atoms with Crippen molar-refractivity contribution in [1.82, 2.24) is 5.32 Å². The first-order chi connectivity index (χ1) is 11.8. The van der Waals surface area contributed by atoms with Crippen molar-refractivity contribution in [2.75, 3.05) is 6.54 Å². The first-order valence-corrected chi connectivity index (χ1v) is 8.95. The smallest absolute Gasteiger partial charge is 0.230 e. The standard InChI is InChI=1S/C22H27NO2/c1-21(2,3)17-9-11-18(12-10-17)22(13-14-22)20(25)23-15-19(24)16-7-5-4-6-8-16/h4-12,19,24H,13-15H2,1-3H3,(H,23,25). The molecule has 1 aliphatic rings. The third-order valence-corrected chi connectivity index (χ3v) is 5.13. The summed E-state index contributed by atoms with van der Waals surface area (Å²) in [6, 6.07) is 17.8. The fourth-order valence-electron chi connectivity index (χ4n) is 3.21. The minimum Gasteiger partial charge on any atom is -0.387 e. The lowest BCUT2D eigenvalue weighted by molar-refractivity contribution is -0.124. The van der Waals surface area contributed by atoms with Crippen LogP contribution in [-0.4, -0.2) is 17.6 Å². The highest BCUT2D eigenvalue weighted by Crippen LogP contribution is 2.48. The van der Waals surface area contributed by atoms with E-state index in [-0.39, 0.29) is 17.9 Å². The summed E-state index contributed by atoms with van der Waals surface area (Å²) in [6.07, 6.45) is 1.06. The molecular formula is C22H27NO2. The van der Waals surface area contributed by atoms with Crippen molar-refractivity contribution in [3.8, 4) is 0 Å². The summed E-state index contributed by atoms with van der Waals surface area (Å²) < 4.78 is 0. The molecule has 132 valence electrons. The van der Waals surface area contributed by atoms with Crippen molar-refractivity contribution < 1.29 is 9.90 Å². The SMILES string of the molecule is CC(C)(C)c1ccc(C2(C(=O)NCC(O)c3ccccc3)CC2)cc1. The molecule has 1 fully saturated rings. The van der Waals surface area contributed by atoms with Crippen LogP contribution in [0.1, 0.15) is 56.4 Å². The Hall–Kier alpha value is -2.13. The van der Waals surface area contributed by atoms with Crippen molar-refractivity contribution in [2.45, 2.75) is 50.5 Å². The van der Waals surface area contributed by atoms with Gasteiger partial charge in [0, 0.05) is 6.54 Å². The maximum absolute atomic E-state index is 12.7. The van der Waals surface area contributed by atoms with Crippen molar-refractivity contribution in [3.63, 3.8) is 0 Å². The van der Waals surface area contributed by atoms with Gasteiger partial charge in [0.25, 0.3) is 0 Å². The highest BCUT2D eigenvalue weighted by Gasteiger charge is 2.51. The van der Waals surface area contributed by atoms with Crippen molar-refractivity contribution in [2.24, 2.45) is 0 Å². The zero-order valence-electron chi connectivity index (χ0n) is 15.3. The second-order valence-electron chi connectivity index (χ2n) is 8.05. The molecule has 0 aromatic heterocycles. The van der Waals surface area contributed by atoms with Crippen LogP contribution in [0, 0.1) is 0 Å². The number of carbonyl (C=O) groups excluding carboxylic acids is 1. The molecule has 3 nitrogen and oxygen atoms in total. The van der Waals surface area contributed by atoms with E-state index in [1.165, 1.54) is 5.56 Å². The fourth-order valence-corrected chi connectivity index (χ4v) is 3.21. The minimum atomic E-state index is -0.677. The van der Waals surface area contributed by atoms with Gasteiger partial charge >= 0.3 is 0 Å². The Kier molecular flexibility index (Phi) is 4.70. The van der Waals surface area contributed by atoms with Crippen LogP contribution in [-0.2, 0) is 15.6 Å². The molecule has 0 saturated heterocycles. The highest BCUT2D eigenvalue weighted by molar-refractivity contribution is 5.91. The fraction of sp³-hybridized carbons (Fsp3) is 0.409. The number of aliphatic hydroxyl groups is 1.